The van der Waals surface area contributed by atoms with E-state index >= 15 is 0 Å². The number of carbonyl (C=O) groups is 1. The maximum absolute atomic E-state index is 12.5. The Balaban J connectivity index is 2.41. The van der Waals surface area contributed by atoms with Crippen molar-refractivity contribution in [3.63, 3.8) is 0 Å². The van der Waals surface area contributed by atoms with Gasteiger partial charge in [-0.05, 0) is 23.8 Å². The minimum Gasteiger partial charge on any atom is -0.306 e. The third-order valence-electron chi connectivity index (χ3n) is 2.62. The van der Waals surface area contributed by atoms with E-state index in [1.807, 2.05) is 16.4 Å². The lowest BCUT2D eigenvalue weighted by Crippen LogP contribution is -2.23. The molecule has 0 aromatic heterocycles. The van der Waals surface area contributed by atoms with Crippen LogP contribution >= 0.6 is 46.3 Å². The number of halogens is 4. The lowest BCUT2D eigenvalue weighted by atomic mass is 9.97. The van der Waals surface area contributed by atoms with E-state index in [1.54, 1.807) is 6.07 Å². The molecule has 92 valence electrons. The molecule has 1 aliphatic rings. The van der Waals surface area contributed by atoms with Crippen molar-refractivity contribution in [3.8, 4) is 0 Å². The van der Waals surface area contributed by atoms with Crippen molar-refractivity contribution >= 4 is 57.7 Å². The molecule has 17 heavy (non-hydrogen) atoms. The highest BCUT2D eigenvalue weighted by molar-refractivity contribution is 14.2. The third kappa shape index (κ3) is 2.60. The van der Waals surface area contributed by atoms with Gasteiger partial charge in [0, 0.05) is 41.3 Å². The SMILES string of the molecule is O=C(C(F)F)C1CN(SI)c2ccc(Br)cc21. The van der Waals surface area contributed by atoms with Gasteiger partial charge >= 0.3 is 0 Å². The summed E-state index contributed by atoms with van der Waals surface area (Å²) in [7, 11) is 1.40. The number of benzene rings is 1. The zero-order chi connectivity index (χ0) is 12.6. The first-order valence-electron chi connectivity index (χ1n) is 4.72. The van der Waals surface area contributed by atoms with E-state index in [2.05, 4.69) is 37.1 Å². The molecule has 1 heterocycles. The predicted molar refractivity (Wildman–Crippen MR) is 76.9 cm³/mol. The molecular formula is C10H7BrF2INOS. The standard InChI is InChI=1S/C10H7BrF2INOS/c11-5-1-2-8-6(3-5)7(4-15(8)17-14)9(16)10(12)13/h1-3,7,10H,4H2. The number of hydrogen-bond acceptors (Lipinski definition) is 3. The van der Waals surface area contributed by atoms with Crippen molar-refractivity contribution < 1.29 is 13.6 Å². The van der Waals surface area contributed by atoms with E-state index in [0.29, 0.717) is 12.1 Å². The van der Waals surface area contributed by atoms with Crippen LogP contribution in [0.25, 0.3) is 0 Å². The van der Waals surface area contributed by atoms with Crippen LogP contribution in [0.5, 0.6) is 0 Å². The van der Waals surface area contributed by atoms with Crippen molar-refractivity contribution in [1.82, 2.24) is 0 Å². The summed E-state index contributed by atoms with van der Waals surface area (Å²) in [6, 6.07) is 5.42. The number of Topliss-reactive ketones (excluding diaryl/α,β-unsaturated/α-hetero) is 1. The van der Waals surface area contributed by atoms with E-state index in [-0.39, 0.29) is 0 Å². The molecular weight excluding hydrogens is 427 g/mol. The quantitative estimate of drug-likeness (QED) is 0.526. The summed E-state index contributed by atoms with van der Waals surface area (Å²) in [6.07, 6.45) is -2.91. The molecule has 0 N–H and O–H groups in total. The van der Waals surface area contributed by atoms with Crippen LogP contribution in [0.15, 0.2) is 22.7 Å². The second kappa shape index (κ2) is 5.40. The lowest BCUT2D eigenvalue weighted by molar-refractivity contribution is -0.130. The Morgan fingerprint density at radius 3 is 2.88 bits per heavy atom. The fraction of sp³-hybridized carbons (Fsp3) is 0.300. The van der Waals surface area contributed by atoms with Crippen LogP contribution in [0.2, 0.25) is 0 Å². The Morgan fingerprint density at radius 2 is 2.29 bits per heavy atom. The molecule has 0 saturated carbocycles. The summed E-state index contributed by atoms with van der Waals surface area (Å²) in [5.41, 5.74) is 1.51. The van der Waals surface area contributed by atoms with Crippen molar-refractivity contribution in [1.29, 1.82) is 0 Å². The van der Waals surface area contributed by atoms with E-state index in [9.17, 15) is 13.6 Å². The smallest absolute Gasteiger partial charge is 0.296 e. The second-order valence-corrected chi connectivity index (χ2v) is 6.27. The lowest BCUT2D eigenvalue weighted by Gasteiger charge is -2.13. The monoisotopic (exact) mass is 433 g/mol. The number of anilines is 1. The zero-order valence-electron chi connectivity index (χ0n) is 8.37. The topological polar surface area (TPSA) is 20.3 Å². The first-order chi connectivity index (χ1) is 8.04. The Hall–Kier alpha value is 0.110. The largest absolute Gasteiger partial charge is 0.306 e. The summed E-state index contributed by atoms with van der Waals surface area (Å²) in [6.45, 7) is 0.308. The Kier molecular flexibility index (Phi) is 4.30. The summed E-state index contributed by atoms with van der Waals surface area (Å²) >= 11 is 5.37. The minimum absolute atomic E-state index is 0.308. The first-order valence-corrected chi connectivity index (χ1v) is 8.83. The number of nitrogens with zero attached hydrogens (tertiary/aromatic N) is 1. The van der Waals surface area contributed by atoms with Gasteiger partial charge in [0.1, 0.15) is 0 Å². The van der Waals surface area contributed by atoms with Crippen LogP contribution in [0.1, 0.15) is 11.5 Å². The first kappa shape index (κ1) is 13.5. The van der Waals surface area contributed by atoms with Crippen molar-refractivity contribution in [2.45, 2.75) is 12.3 Å². The van der Waals surface area contributed by atoms with Gasteiger partial charge in [0.15, 0.2) is 0 Å². The third-order valence-corrected chi connectivity index (χ3v) is 5.06. The van der Waals surface area contributed by atoms with Gasteiger partial charge in [0.25, 0.3) is 6.43 Å². The highest BCUT2D eigenvalue weighted by Crippen LogP contribution is 2.43. The molecule has 2 nitrogen and oxygen atoms in total. The van der Waals surface area contributed by atoms with Gasteiger partial charge in [-0.3, -0.25) is 4.79 Å². The average Bonchev–Trinajstić information content (AvgIpc) is 2.65. The van der Waals surface area contributed by atoms with Crippen molar-refractivity contribution in [2.75, 3.05) is 10.8 Å². The summed E-state index contributed by atoms with van der Waals surface area (Å²) in [5.74, 6) is -1.73. The molecule has 1 atom stereocenters. The highest BCUT2D eigenvalue weighted by atomic mass is 127. The maximum atomic E-state index is 12.5. The van der Waals surface area contributed by atoms with E-state index in [4.69, 9.17) is 0 Å². The van der Waals surface area contributed by atoms with Gasteiger partial charge in [0.05, 0.1) is 11.6 Å². The van der Waals surface area contributed by atoms with E-state index in [0.717, 1.165) is 10.2 Å². The highest BCUT2D eigenvalue weighted by Gasteiger charge is 2.37. The van der Waals surface area contributed by atoms with Crippen LogP contribution in [0, 0.1) is 0 Å². The number of rotatable bonds is 3. The molecule has 0 radical (unpaired) electrons. The summed E-state index contributed by atoms with van der Waals surface area (Å²) < 4.78 is 27.7. The Morgan fingerprint density at radius 1 is 1.59 bits per heavy atom. The molecule has 0 aliphatic carbocycles. The normalized spacial score (nSPS) is 18.6. The number of ketones is 1. The number of fused-ring (bicyclic) bond motifs is 1. The van der Waals surface area contributed by atoms with Gasteiger partial charge in [-0.1, -0.05) is 15.9 Å². The number of alkyl halides is 2. The fourth-order valence-electron chi connectivity index (χ4n) is 1.85. The van der Waals surface area contributed by atoms with Crippen LogP contribution < -0.4 is 4.31 Å². The number of carbonyl (C=O) groups excluding carboxylic acids is 1. The molecule has 1 aliphatic heterocycles. The molecule has 2 rings (SSSR count). The van der Waals surface area contributed by atoms with E-state index < -0.39 is 18.1 Å². The Bertz CT molecular complexity index is 460. The molecule has 1 aromatic carbocycles. The Labute approximate surface area is 122 Å². The molecule has 7 heteroatoms. The second-order valence-electron chi connectivity index (χ2n) is 3.59. The van der Waals surface area contributed by atoms with E-state index in [1.165, 1.54) is 9.12 Å². The molecule has 0 amide bonds. The molecule has 1 aromatic rings. The molecule has 0 saturated heterocycles. The van der Waals surface area contributed by atoms with Gasteiger partial charge in [0.2, 0.25) is 5.78 Å². The molecule has 1 unspecified atom stereocenters. The summed E-state index contributed by atoms with van der Waals surface area (Å²) in [5, 5.41) is 0. The fourth-order valence-corrected chi connectivity index (χ4v) is 3.80. The number of hydrogen-bond donors (Lipinski definition) is 0. The van der Waals surface area contributed by atoms with Gasteiger partial charge in [-0.15, -0.1) is 0 Å². The van der Waals surface area contributed by atoms with Crippen molar-refractivity contribution in [2.24, 2.45) is 0 Å². The summed E-state index contributed by atoms with van der Waals surface area (Å²) in [4.78, 5) is 11.5. The van der Waals surface area contributed by atoms with Gasteiger partial charge in [-0.2, -0.15) is 0 Å². The van der Waals surface area contributed by atoms with Gasteiger partial charge in [-0.25, -0.2) is 8.78 Å². The predicted octanol–water partition coefficient (Wildman–Crippen LogP) is 4.19. The van der Waals surface area contributed by atoms with Crippen LogP contribution in [0.3, 0.4) is 0 Å². The van der Waals surface area contributed by atoms with Crippen molar-refractivity contribution in [3.05, 3.63) is 28.2 Å². The molecule has 0 bridgehead atoms. The average molecular weight is 434 g/mol. The maximum Gasteiger partial charge on any atom is 0.296 e. The van der Waals surface area contributed by atoms with Crippen LogP contribution in [0.4, 0.5) is 14.5 Å². The van der Waals surface area contributed by atoms with Crippen LogP contribution in [-0.4, -0.2) is 18.8 Å². The minimum atomic E-state index is -2.91. The molecule has 0 fully saturated rings. The van der Waals surface area contributed by atoms with Gasteiger partial charge < -0.3 is 4.31 Å². The van der Waals surface area contributed by atoms with Crippen LogP contribution in [-0.2, 0) is 4.79 Å². The molecule has 0 spiro atoms. The zero-order valence-corrected chi connectivity index (χ0v) is 12.9.